The van der Waals surface area contributed by atoms with Crippen molar-refractivity contribution in [3.63, 3.8) is 0 Å². The van der Waals surface area contributed by atoms with Crippen molar-refractivity contribution in [1.29, 1.82) is 5.26 Å². The molecule has 0 aromatic heterocycles. The van der Waals surface area contributed by atoms with Gasteiger partial charge in [0.15, 0.2) is 5.92 Å². The number of nitrogens with zero attached hydrogens (tertiary/aromatic N) is 1. The number of fused-ring (bicyclic) bond motifs is 3. The van der Waals surface area contributed by atoms with E-state index in [0.29, 0.717) is 11.1 Å². The number of aliphatic carboxylic acids is 1. The summed E-state index contributed by atoms with van der Waals surface area (Å²) in [6.07, 6.45) is -0.0263. The summed E-state index contributed by atoms with van der Waals surface area (Å²) in [5, 5.41) is 18.6. The van der Waals surface area contributed by atoms with Gasteiger partial charge in [-0.3, -0.25) is 9.59 Å². The maximum absolute atomic E-state index is 12.7. The smallest absolute Gasteiger partial charge is 0.320 e. The summed E-state index contributed by atoms with van der Waals surface area (Å²) in [4.78, 5) is 24.4. The summed E-state index contributed by atoms with van der Waals surface area (Å²) in [6, 6.07) is 24.5. The van der Waals surface area contributed by atoms with Crippen molar-refractivity contribution in [2.24, 2.45) is 5.92 Å². The number of carboxylic acids is 1. The third-order valence-corrected chi connectivity index (χ3v) is 5.43. The lowest BCUT2D eigenvalue weighted by Crippen LogP contribution is -2.29. The Morgan fingerprint density at radius 3 is 2.20 bits per heavy atom. The second-order valence-electron chi connectivity index (χ2n) is 7.26. The second kappa shape index (κ2) is 8.22. The Labute approximate surface area is 174 Å². The lowest BCUT2D eigenvalue weighted by atomic mass is 9.97. The van der Waals surface area contributed by atoms with E-state index < -0.39 is 17.9 Å². The van der Waals surface area contributed by atoms with Gasteiger partial charge in [-0.1, -0.05) is 60.7 Å². The Bertz CT molecular complexity index is 1120. The van der Waals surface area contributed by atoms with Crippen LogP contribution in [0.4, 0.5) is 0 Å². The number of benzene rings is 3. The maximum Gasteiger partial charge on any atom is 0.320 e. The SMILES string of the molecule is N#Cc1cccc(CC(C(=O)O)C(=O)OCC2c3ccccc3-c3ccccc32)c1. The van der Waals surface area contributed by atoms with Crippen molar-refractivity contribution in [3.8, 4) is 17.2 Å². The zero-order chi connectivity index (χ0) is 21.1. The normalized spacial score (nSPS) is 13.0. The van der Waals surface area contributed by atoms with Gasteiger partial charge < -0.3 is 9.84 Å². The fourth-order valence-corrected chi connectivity index (χ4v) is 3.98. The van der Waals surface area contributed by atoms with Crippen molar-refractivity contribution in [3.05, 3.63) is 95.1 Å². The zero-order valence-corrected chi connectivity index (χ0v) is 16.1. The Hall–Kier alpha value is -3.91. The largest absolute Gasteiger partial charge is 0.481 e. The van der Waals surface area contributed by atoms with Gasteiger partial charge in [0.25, 0.3) is 0 Å². The molecule has 0 fully saturated rings. The molecule has 0 saturated carbocycles. The van der Waals surface area contributed by atoms with E-state index >= 15 is 0 Å². The van der Waals surface area contributed by atoms with Crippen molar-refractivity contribution in [1.82, 2.24) is 0 Å². The molecule has 1 N–H and O–H groups in total. The first-order valence-corrected chi connectivity index (χ1v) is 9.65. The number of carbonyl (C=O) groups is 2. The van der Waals surface area contributed by atoms with E-state index in [-0.39, 0.29) is 18.9 Å². The molecule has 0 saturated heterocycles. The molecular weight excluding hydrogens is 378 g/mol. The van der Waals surface area contributed by atoms with Gasteiger partial charge in [-0.25, -0.2) is 0 Å². The van der Waals surface area contributed by atoms with E-state index in [1.54, 1.807) is 24.3 Å². The standard InChI is InChI=1S/C25H19NO4/c26-14-17-7-5-6-16(12-17)13-22(24(27)28)25(29)30-15-23-20-10-3-1-8-18(20)19-9-2-4-11-21(19)23/h1-12,22-23H,13,15H2,(H,27,28). The van der Waals surface area contributed by atoms with Crippen LogP contribution in [0.15, 0.2) is 72.8 Å². The number of esters is 1. The highest BCUT2D eigenvalue weighted by Gasteiger charge is 2.32. The van der Waals surface area contributed by atoms with E-state index in [0.717, 1.165) is 22.3 Å². The summed E-state index contributed by atoms with van der Waals surface area (Å²) < 4.78 is 5.51. The topological polar surface area (TPSA) is 87.4 Å². The monoisotopic (exact) mass is 397 g/mol. The number of hydrogen-bond acceptors (Lipinski definition) is 4. The predicted molar refractivity (Wildman–Crippen MR) is 111 cm³/mol. The summed E-state index contributed by atoms with van der Waals surface area (Å²) in [5.74, 6) is -3.47. The van der Waals surface area contributed by atoms with Crippen LogP contribution in [0.1, 0.15) is 28.2 Å². The van der Waals surface area contributed by atoms with Crippen molar-refractivity contribution >= 4 is 11.9 Å². The molecule has 1 aliphatic carbocycles. The van der Waals surface area contributed by atoms with Gasteiger partial charge in [0.05, 0.1) is 11.6 Å². The van der Waals surface area contributed by atoms with Crippen molar-refractivity contribution in [2.75, 3.05) is 6.61 Å². The lowest BCUT2D eigenvalue weighted by molar-refractivity contribution is -0.158. The molecule has 3 aromatic rings. The van der Waals surface area contributed by atoms with Gasteiger partial charge in [0.2, 0.25) is 0 Å². The Kier molecular flexibility index (Phi) is 5.32. The van der Waals surface area contributed by atoms with Gasteiger partial charge in [-0.15, -0.1) is 0 Å². The van der Waals surface area contributed by atoms with Crippen LogP contribution in [0.3, 0.4) is 0 Å². The molecule has 0 bridgehead atoms. The van der Waals surface area contributed by atoms with Gasteiger partial charge in [-0.2, -0.15) is 5.26 Å². The average Bonchev–Trinajstić information content (AvgIpc) is 3.09. The first-order chi connectivity index (χ1) is 14.6. The van der Waals surface area contributed by atoms with E-state index in [2.05, 4.69) is 0 Å². The minimum absolute atomic E-state index is 0.0263. The molecule has 0 amide bonds. The molecule has 0 aliphatic heterocycles. The minimum atomic E-state index is -1.33. The minimum Gasteiger partial charge on any atom is -0.481 e. The molecule has 3 aromatic carbocycles. The molecule has 1 atom stereocenters. The van der Waals surface area contributed by atoms with E-state index in [1.807, 2.05) is 54.6 Å². The first-order valence-electron chi connectivity index (χ1n) is 9.65. The fraction of sp³-hybridized carbons (Fsp3) is 0.160. The average molecular weight is 397 g/mol. The van der Waals surface area contributed by atoms with Crippen LogP contribution in [-0.2, 0) is 20.7 Å². The number of hydrogen-bond donors (Lipinski definition) is 1. The predicted octanol–water partition coefficient (Wildman–Crippen LogP) is 4.16. The molecule has 0 spiro atoms. The van der Waals surface area contributed by atoms with Crippen LogP contribution in [-0.4, -0.2) is 23.7 Å². The highest BCUT2D eigenvalue weighted by Crippen LogP contribution is 2.44. The van der Waals surface area contributed by atoms with Gasteiger partial charge in [0.1, 0.15) is 6.61 Å². The van der Waals surface area contributed by atoms with E-state index in [4.69, 9.17) is 10.00 Å². The van der Waals surface area contributed by atoms with Crippen LogP contribution in [0.2, 0.25) is 0 Å². The van der Waals surface area contributed by atoms with Crippen LogP contribution >= 0.6 is 0 Å². The van der Waals surface area contributed by atoms with Crippen molar-refractivity contribution < 1.29 is 19.4 Å². The second-order valence-corrected chi connectivity index (χ2v) is 7.26. The molecule has 0 heterocycles. The van der Waals surface area contributed by atoms with Crippen molar-refractivity contribution in [2.45, 2.75) is 12.3 Å². The Balaban J connectivity index is 1.52. The summed E-state index contributed by atoms with van der Waals surface area (Å²) >= 11 is 0. The van der Waals surface area contributed by atoms with E-state index in [9.17, 15) is 14.7 Å². The lowest BCUT2D eigenvalue weighted by Gasteiger charge is -2.17. The molecule has 4 rings (SSSR count). The molecule has 5 nitrogen and oxygen atoms in total. The van der Waals surface area contributed by atoms with Crippen LogP contribution in [0.25, 0.3) is 11.1 Å². The number of nitriles is 1. The molecule has 1 unspecified atom stereocenters. The molecule has 148 valence electrons. The van der Waals surface area contributed by atoms with Gasteiger partial charge in [0, 0.05) is 5.92 Å². The highest BCUT2D eigenvalue weighted by atomic mass is 16.5. The Morgan fingerprint density at radius 1 is 0.967 bits per heavy atom. The number of carboxylic acid groups (broad SMARTS) is 1. The molecular formula is C25H19NO4. The molecule has 5 heteroatoms. The highest BCUT2D eigenvalue weighted by molar-refractivity contribution is 5.94. The summed E-state index contributed by atoms with van der Waals surface area (Å²) in [6.45, 7) is 0.0782. The summed E-state index contributed by atoms with van der Waals surface area (Å²) in [7, 11) is 0. The number of rotatable bonds is 6. The number of carbonyl (C=O) groups excluding carboxylic acids is 1. The van der Waals surface area contributed by atoms with Gasteiger partial charge >= 0.3 is 11.9 Å². The van der Waals surface area contributed by atoms with E-state index in [1.165, 1.54) is 0 Å². The van der Waals surface area contributed by atoms with Crippen LogP contribution in [0, 0.1) is 17.2 Å². The quantitative estimate of drug-likeness (QED) is 0.499. The Morgan fingerprint density at radius 2 is 1.60 bits per heavy atom. The third kappa shape index (κ3) is 3.68. The van der Waals surface area contributed by atoms with Crippen LogP contribution < -0.4 is 0 Å². The molecule has 30 heavy (non-hydrogen) atoms. The number of ether oxygens (including phenoxy) is 1. The summed E-state index contributed by atoms with van der Waals surface area (Å²) in [5.41, 5.74) is 5.38. The third-order valence-electron chi connectivity index (χ3n) is 5.43. The fourth-order valence-electron chi connectivity index (χ4n) is 3.98. The molecule has 0 radical (unpaired) electrons. The first kappa shape index (κ1) is 19.4. The molecule has 1 aliphatic rings. The van der Waals surface area contributed by atoms with Gasteiger partial charge in [-0.05, 0) is 46.4 Å². The maximum atomic E-state index is 12.7. The van der Waals surface area contributed by atoms with Crippen LogP contribution in [0.5, 0.6) is 0 Å². The zero-order valence-electron chi connectivity index (χ0n) is 16.1.